The summed E-state index contributed by atoms with van der Waals surface area (Å²) in [6, 6.07) is 17.1. The molecule has 0 heterocycles. The Morgan fingerprint density at radius 2 is 1.68 bits per heavy atom. The fraction of sp³-hybridized carbons (Fsp3) is 0.208. The third-order valence-corrected chi connectivity index (χ3v) is 7.09. The molecular weight excluding hydrogens is 415 g/mol. The fourth-order valence-electron chi connectivity index (χ4n) is 3.19. The predicted octanol–water partition coefficient (Wildman–Crippen LogP) is 4.76. The van der Waals surface area contributed by atoms with Crippen LogP contribution in [-0.4, -0.2) is 21.4 Å². The summed E-state index contributed by atoms with van der Waals surface area (Å²) in [6.45, 7) is 5.90. The van der Waals surface area contributed by atoms with E-state index in [-0.39, 0.29) is 22.2 Å². The number of nitrogens with zero attached hydrogens (tertiary/aromatic N) is 1. The average Bonchev–Trinajstić information content (AvgIpc) is 2.75. The van der Waals surface area contributed by atoms with E-state index >= 15 is 0 Å². The van der Waals surface area contributed by atoms with Crippen LogP contribution in [0.2, 0.25) is 0 Å². The zero-order valence-electron chi connectivity index (χ0n) is 17.9. The van der Waals surface area contributed by atoms with E-state index in [1.165, 1.54) is 49.0 Å². The second-order valence-corrected chi connectivity index (χ2v) is 9.46. The summed E-state index contributed by atoms with van der Waals surface area (Å²) >= 11 is 0. The van der Waals surface area contributed by atoms with Crippen molar-refractivity contribution in [2.24, 2.45) is 0 Å². The van der Waals surface area contributed by atoms with Crippen molar-refractivity contribution in [3.63, 3.8) is 0 Å². The number of sulfonamides is 1. The van der Waals surface area contributed by atoms with Crippen LogP contribution in [-0.2, 0) is 10.0 Å². The van der Waals surface area contributed by atoms with Gasteiger partial charge in [-0.25, -0.2) is 12.8 Å². The molecule has 0 aromatic heterocycles. The molecule has 162 valence electrons. The number of nitrogens with one attached hydrogen (secondary N) is 1. The van der Waals surface area contributed by atoms with E-state index in [2.05, 4.69) is 5.32 Å². The maximum absolute atomic E-state index is 14.1. The van der Waals surface area contributed by atoms with Crippen molar-refractivity contribution in [2.45, 2.75) is 31.7 Å². The number of hydrogen-bond donors (Lipinski definition) is 1. The van der Waals surface area contributed by atoms with Crippen LogP contribution in [0.4, 0.5) is 10.1 Å². The van der Waals surface area contributed by atoms with E-state index in [4.69, 9.17) is 0 Å². The summed E-state index contributed by atoms with van der Waals surface area (Å²) in [4.78, 5) is 12.7. The maximum Gasteiger partial charge on any atom is 0.264 e. The Kier molecular flexibility index (Phi) is 6.45. The van der Waals surface area contributed by atoms with Crippen LogP contribution >= 0.6 is 0 Å². The Hall–Kier alpha value is -3.19. The van der Waals surface area contributed by atoms with E-state index in [0.717, 1.165) is 15.4 Å². The van der Waals surface area contributed by atoms with Crippen LogP contribution < -0.4 is 9.62 Å². The molecule has 5 nitrogen and oxygen atoms in total. The number of aryl methyl sites for hydroxylation is 2. The standard InChI is InChI=1S/C24H25FN2O3S/c1-16-12-13-19(14-17(16)2)18(3)26-24(28)20-8-7-9-21(15-20)31(29,30)27(4)23-11-6-5-10-22(23)25/h5-15,18H,1-4H3,(H,26,28)/t18-/m0/s1. The van der Waals surface area contributed by atoms with Crippen LogP contribution in [0, 0.1) is 19.7 Å². The Balaban J connectivity index is 1.84. The number of hydrogen-bond acceptors (Lipinski definition) is 3. The highest BCUT2D eigenvalue weighted by Crippen LogP contribution is 2.25. The molecule has 0 radical (unpaired) electrons. The largest absolute Gasteiger partial charge is 0.346 e. The lowest BCUT2D eigenvalue weighted by Crippen LogP contribution is -2.29. The molecule has 0 bridgehead atoms. The van der Waals surface area contributed by atoms with E-state index in [1.807, 2.05) is 39.0 Å². The number of halogens is 1. The molecule has 3 rings (SSSR count). The smallest absolute Gasteiger partial charge is 0.264 e. The quantitative estimate of drug-likeness (QED) is 0.601. The van der Waals surface area contributed by atoms with Gasteiger partial charge in [-0.1, -0.05) is 36.4 Å². The van der Waals surface area contributed by atoms with Crippen LogP contribution in [0.1, 0.15) is 40.0 Å². The van der Waals surface area contributed by atoms with Gasteiger partial charge in [0.05, 0.1) is 16.6 Å². The number of rotatable bonds is 6. The van der Waals surface area contributed by atoms with Gasteiger partial charge in [-0.15, -0.1) is 0 Å². The Bertz CT molecular complexity index is 1220. The van der Waals surface area contributed by atoms with Crippen molar-refractivity contribution in [3.05, 3.63) is 94.8 Å². The topological polar surface area (TPSA) is 66.5 Å². The predicted molar refractivity (Wildman–Crippen MR) is 120 cm³/mol. The minimum absolute atomic E-state index is 0.0688. The lowest BCUT2D eigenvalue weighted by atomic mass is 10.0. The van der Waals surface area contributed by atoms with Crippen LogP contribution in [0.25, 0.3) is 0 Å². The van der Waals surface area contributed by atoms with Crippen LogP contribution in [0.3, 0.4) is 0 Å². The minimum atomic E-state index is -4.05. The van der Waals surface area contributed by atoms with Crippen molar-refractivity contribution < 1.29 is 17.6 Å². The monoisotopic (exact) mass is 440 g/mol. The third-order valence-electron chi connectivity index (χ3n) is 5.32. The van der Waals surface area contributed by atoms with Crippen LogP contribution in [0.5, 0.6) is 0 Å². The number of amides is 1. The van der Waals surface area contributed by atoms with Gasteiger partial charge in [-0.2, -0.15) is 0 Å². The van der Waals surface area contributed by atoms with Gasteiger partial charge >= 0.3 is 0 Å². The molecule has 0 aliphatic carbocycles. The molecule has 3 aromatic rings. The zero-order valence-corrected chi connectivity index (χ0v) is 18.7. The molecule has 1 amide bonds. The molecule has 0 unspecified atom stereocenters. The molecule has 0 aliphatic rings. The molecule has 7 heteroatoms. The van der Waals surface area contributed by atoms with Gasteiger partial charge < -0.3 is 5.32 Å². The van der Waals surface area contributed by atoms with Gasteiger partial charge in [-0.3, -0.25) is 9.10 Å². The lowest BCUT2D eigenvalue weighted by molar-refractivity contribution is 0.0939. The summed E-state index contributed by atoms with van der Waals surface area (Å²) in [5.41, 5.74) is 3.39. The molecule has 0 fully saturated rings. The van der Waals surface area contributed by atoms with E-state index in [0.29, 0.717) is 0 Å². The Labute approximate surface area is 182 Å². The SMILES string of the molecule is Cc1ccc([C@H](C)NC(=O)c2cccc(S(=O)(=O)N(C)c3ccccc3F)c2)cc1C. The number of anilines is 1. The highest BCUT2D eigenvalue weighted by molar-refractivity contribution is 7.92. The minimum Gasteiger partial charge on any atom is -0.346 e. The molecule has 0 aliphatic heterocycles. The molecule has 0 saturated heterocycles. The second-order valence-electron chi connectivity index (χ2n) is 7.49. The molecule has 0 saturated carbocycles. The summed E-state index contributed by atoms with van der Waals surface area (Å²) in [7, 11) is -2.77. The normalized spacial score (nSPS) is 12.3. The van der Waals surface area contributed by atoms with Crippen molar-refractivity contribution in [3.8, 4) is 0 Å². The van der Waals surface area contributed by atoms with Crippen molar-refractivity contribution >= 4 is 21.6 Å². The first-order valence-electron chi connectivity index (χ1n) is 9.83. The van der Waals surface area contributed by atoms with Crippen molar-refractivity contribution in [2.75, 3.05) is 11.4 Å². The average molecular weight is 441 g/mol. The molecule has 0 spiro atoms. The summed E-state index contributed by atoms with van der Waals surface area (Å²) in [5, 5.41) is 2.90. The first-order chi connectivity index (χ1) is 14.6. The second kappa shape index (κ2) is 8.89. The number of benzene rings is 3. The molecule has 31 heavy (non-hydrogen) atoms. The highest BCUT2D eigenvalue weighted by Gasteiger charge is 2.24. The zero-order chi connectivity index (χ0) is 22.8. The van der Waals surface area contributed by atoms with Crippen molar-refractivity contribution in [1.82, 2.24) is 5.32 Å². The maximum atomic E-state index is 14.1. The molecule has 3 aromatic carbocycles. The van der Waals surface area contributed by atoms with Gasteiger partial charge in [0.15, 0.2) is 0 Å². The first kappa shape index (κ1) is 22.5. The number of para-hydroxylation sites is 1. The van der Waals surface area contributed by atoms with E-state index in [9.17, 15) is 17.6 Å². The van der Waals surface area contributed by atoms with E-state index in [1.54, 1.807) is 12.1 Å². The summed E-state index contributed by atoms with van der Waals surface area (Å²) in [6.07, 6.45) is 0. The summed E-state index contributed by atoms with van der Waals surface area (Å²) < 4.78 is 41.0. The first-order valence-corrected chi connectivity index (χ1v) is 11.3. The Morgan fingerprint density at radius 3 is 2.35 bits per heavy atom. The Morgan fingerprint density at radius 1 is 0.968 bits per heavy atom. The molecule has 1 atom stereocenters. The lowest BCUT2D eigenvalue weighted by Gasteiger charge is -2.20. The van der Waals surface area contributed by atoms with Gasteiger partial charge in [0.1, 0.15) is 5.82 Å². The highest BCUT2D eigenvalue weighted by atomic mass is 32.2. The third kappa shape index (κ3) is 4.77. The van der Waals surface area contributed by atoms with Crippen LogP contribution in [0.15, 0.2) is 71.6 Å². The van der Waals surface area contributed by atoms with Gasteiger partial charge in [-0.05, 0) is 67.8 Å². The van der Waals surface area contributed by atoms with Crippen molar-refractivity contribution in [1.29, 1.82) is 0 Å². The molecular formula is C24H25FN2O3S. The van der Waals surface area contributed by atoms with Gasteiger partial charge in [0, 0.05) is 12.6 Å². The van der Waals surface area contributed by atoms with Gasteiger partial charge in [0.2, 0.25) is 0 Å². The molecule has 1 N–H and O–H groups in total. The fourth-order valence-corrected chi connectivity index (χ4v) is 4.44. The summed E-state index contributed by atoms with van der Waals surface area (Å²) in [5.74, 6) is -1.04. The van der Waals surface area contributed by atoms with Gasteiger partial charge in [0.25, 0.3) is 15.9 Å². The number of carbonyl (C=O) groups excluding carboxylic acids is 1. The van der Waals surface area contributed by atoms with E-state index < -0.39 is 21.7 Å². The number of carbonyl (C=O) groups is 1.